The molecule has 198 valence electrons. The molecule has 39 heavy (non-hydrogen) atoms. The zero-order valence-corrected chi connectivity index (χ0v) is 22.0. The lowest BCUT2D eigenvalue weighted by Crippen LogP contribution is -2.40. The number of nitrogens with two attached hydrogens (primary N) is 1. The molecule has 1 aliphatic rings. The van der Waals surface area contributed by atoms with Crippen molar-refractivity contribution in [2.24, 2.45) is 5.73 Å². The highest BCUT2D eigenvalue weighted by atomic mass is 32.1. The van der Waals surface area contributed by atoms with Crippen LogP contribution in [0.2, 0.25) is 0 Å². The zero-order valence-electron chi connectivity index (χ0n) is 21.2. The average Bonchev–Trinajstić information content (AvgIpc) is 3.27. The standard InChI is InChI=1S/C28H23N3O7S/c1-4-38-28(35)22-21(16-9-11-18(12-10-16)27(34)37-3)19(14-29)23(30)31-24(32)20(39-25(22)31)13-15-5-7-17(8-6-15)26(33)36-2/h5-13,21H,4,30H2,1-3H3/b20-13+. The van der Waals surface area contributed by atoms with Crippen molar-refractivity contribution in [1.29, 1.82) is 5.26 Å². The summed E-state index contributed by atoms with van der Waals surface area (Å²) in [5, 5.41) is 10.1. The van der Waals surface area contributed by atoms with E-state index in [9.17, 15) is 24.4 Å². The summed E-state index contributed by atoms with van der Waals surface area (Å²) in [5.41, 5.74) is 7.67. The van der Waals surface area contributed by atoms with Crippen LogP contribution in [0.15, 0.2) is 58.9 Å². The molecule has 2 heterocycles. The number of thiazole rings is 1. The van der Waals surface area contributed by atoms with Gasteiger partial charge in [0, 0.05) is 0 Å². The summed E-state index contributed by atoms with van der Waals surface area (Å²) in [6.45, 7) is 1.72. The average molecular weight is 546 g/mol. The van der Waals surface area contributed by atoms with Gasteiger partial charge in [0.25, 0.3) is 5.56 Å². The van der Waals surface area contributed by atoms with Gasteiger partial charge in [0.2, 0.25) is 0 Å². The third-order valence-corrected chi connectivity index (χ3v) is 7.17. The second-order valence-corrected chi connectivity index (χ2v) is 9.29. The van der Waals surface area contributed by atoms with Gasteiger partial charge in [0.15, 0.2) is 0 Å². The summed E-state index contributed by atoms with van der Waals surface area (Å²) in [7, 11) is 2.55. The number of rotatable bonds is 6. The lowest BCUT2D eigenvalue weighted by atomic mass is 9.83. The van der Waals surface area contributed by atoms with Gasteiger partial charge in [-0.05, 0) is 48.4 Å². The fourth-order valence-electron chi connectivity index (χ4n) is 4.20. The van der Waals surface area contributed by atoms with Gasteiger partial charge in [0.1, 0.15) is 10.5 Å². The number of esters is 3. The van der Waals surface area contributed by atoms with Crippen molar-refractivity contribution in [1.82, 2.24) is 4.57 Å². The minimum atomic E-state index is -0.939. The molecule has 0 aliphatic carbocycles. The third-order valence-electron chi connectivity index (χ3n) is 6.06. The minimum Gasteiger partial charge on any atom is -0.465 e. The van der Waals surface area contributed by atoms with Crippen LogP contribution in [0.25, 0.3) is 17.5 Å². The summed E-state index contributed by atoms with van der Waals surface area (Å²) < 4.78 is 16.4. The van der Waals surface area contributed by atoms with E-state index in [1.165, 1.54) is 26.4 Å². The number of carbonyl (C=O) groups excluding carboxylic acids is 3. The molecule has 3 aromatic rings. The van der Waals surface area contributed by atoms with Crippen molar-refractivity contribution in [3.63, 3.8) is 0 Å². The highest BCUT2D eigenvalue weighted by molar-refractivity contribution is 7.07. The fraction of sp³-hybridized carbons (Fsp3) is 0.179. The smallest absolute Gasteiger partial charge is 0.338 e. The highest BCUT2D eigenvalue weighted by Gasteiger charge is 2.36. The van der Waals surface area contributed by atoms with E-state index >= 15 is 0 Å². The SMILES string of the molecule is CCOC(=O)C1=c2s/c(=C/c3ccc(C(=O)OC)cc3)c(=O)n2C(N)=C(C#N)C1c1ccc(C(=O)OC)cc1. The first-order valence-corrected chi connectivity index (χ1v) is 12.5. The Labute approximate surface area is 226 Å². The predicted octanol–water partition coefficient (Wildman–Crippen LogP) is 1.47. The van der Waals surface area contributed by atoms with E-state index < -0.39 is 29.4 Å². The quantitative estimate of drug-likeness (QED) is 0.359. The predicted molar refractivity (Wildman–Crippen MR) is 143 cm³/mol. The first kappa shape index (κ1) is 27.1. The Morgan fingerprint density at radius 3 is 2.08 bits per heavy atom. The van der Waals surface area contributed by atoms with Crippen LogP contribution in [-0.2, 0) is 19.0 Å². The lowest BCUT2D eigenvalue weighted by Gasteiger charge is -2.24. The van der Waals surface area contributed by atoms with Crippen molar-refractivity contribution in [2.45, 2.75) is 12.8 Å². The van der Waals surface area contributed by atoms with Gasteiger partial charge >= 0.3 is 17.9 Å². The Morgan fingerprint density at radius 2 is 1.56 bits per heavy atom. The number of fused-ring (bicyclic) bond motifs is 1. The number of hydrogen-bond donors (Lipinski definition) is 1. The maximum atomic E-state index is 13.5. The Balaban J connectivity index is 1.97. The van der Waals surface area contributed by atoms with E-state index in [1.54, 1.807) is 49.4 Å². The minimum absolute atomic E-state index is 0.00903. The van der Waals surface area contributed by atoms with Crippen LogP contribution in [0.3, 0.4) is 0 Å². The Hall–Kier alpha value is -4.95. The number of ether oxygens (including phenoxy) is 3. The number of carbonyl (C=O) groups is 3. The fourth-order valence-corrected chi connectivity index (χ4v) is 5.37. The summed E-state index contributed by atoms with van der Waals surface area (Å²) in [6, 6.07) is 14.7. The molecule has 0 fully saturated rings. The lowest BCUT2D eigenvalue weighted by molar-refractivity contribution is -0.136. The van der Waals surface area contributed by atoms with Gasteiger partial charge in [-0.15, -0.1) is 11.3 Å². The van der Waals surface area contributed by atoms with Crippen molar-refractivity contribution in [3.8, 4) is 6.07 Å². The van der Waals surface area contributed by atoms with Gasteiger partial charge in [0.05, 0.1) is 59.6 Å². The van der Waals surface area contributed by atoms with E-state index in [0.29, 0.717) is 16.7 Å². The van der Waals surface area contributed by atoms with Gasteiger partial charge in [-0.25, -0.2) is 14.4 Å². The topological polar surface area (TPSA) is 151 Å². The van der Waals surface area contributed by atoms with Gasteiger partial charge in [-0.3, -0.25) is 9.36 Å². The Morgan fingerprint density at radius 1 is 1.00 bits per heavy atom. The molecule has 2 aromatic carbocycles. The molecule has 0 saturated carbocycles. The van der Waals surface area contributed by atoms with Crippen LogP contribution in [0.1, 0.15) is 44.7 Å². The molecule has 0 saturated heterocycles. The molecule has 1 aliphatic heterocycles. The molecule has 1 unspecified atom stereocenters. The first-order valence-electron chi connectivity index (χ1n) is 11.7. The van der Waals surface area contributed by atoms with Gasteiger partial charge in [-0.2, -0.15) is 5.26 Å². The molecule has 4 rings (SSSR count). The van der Waals surface area contributed by atoms with Crippen LogP contribution in [-0.4, -0.2) is 43.3 Å². The molecule has 10 nitrogen and oxygen atoms in total. The van der Waals surface area contributed by atoms with E-state index in [2.05, 4.69) is 6.07 Å². The molecule has 0 spiro atoms. The number of nitrogens with zero attached hydrogens (tertiary/aromatic N) is 2. The number of nitriles is 1. The summed E-state index contributed by atoms with van der Waals surface area (Å²) in [4.78, 5) is 50.4. The second kappa shape index (κ2) is 11.2. The summed E-state index contributed by atoms with van der Waals surface area (Å²) >= 11 is 1.03. The van der Waals surface area contributed by atoms with Crippen LogP contribution in [0.4, 0.5) is 0 Å². The largest absolute Gasteiger partial charge is 0.465 e. The maximum Gasteiger partial charge on any atom is 0.338 e. The molecular weight excluding hydrogens is 522 g/mol. The first-order chi connectivity index (χ1) is 18.7. The monoisotopic (exact) mass is 545 g/mol. The molecule has 2 N–H and O–H groups in total. The number of allylic oxidation sites excluding steroid dienone is 1. The normalized spacial score (nSPS) is 14.9. The molecule has 1 aromatic heterocycles. The molecule has 0 amide bonds. The molecule has 11 heteroatoms. The van der Waals surface area contributed by atoms with Crippen LogP contribution in [0, 0.1) is 11.3 Å². The number of aromatic nitrogens is 1. The van der Waals surface area contributed by atoms with Crippen molar-refractivity contribution in [3.05, 3.63) is 95.9 Å². The van der Waals surface area contributed by atoms with Crippen molar-refractivity contribution >= 4 is 46.7 Å². The van der Waals surface area contributed by atoms with E-state index in [-0.39, 0.29) is 38.3 Å². The highest BCUT2D eigenvalue weighted by Crippen LogP contribution is 2.36. The number of methoxy groups -OCH3 is 2. The van der Waals surface area contributed by atoms with E-state index in [4.69, 9.17) is 19.9 Å². The molecule has 0 radical (unpaired) electrons. The van der Waals surface area contributed by atoms with Crippen molar-refractivity contribution < 1.29 is 28.6 Å². The number of hydrogen-bond acceptors (Lipinski definition) is 10. The van der Waals surface area contributed by atoms with Crippen molar-refractivity contribution in [2.75, 3.05) is 20.8 Å². The van der Waals surface area contributed by atoms with Crippen LogP contribution in [0.5, 0.6) is 0 Å². The zero-order chi connectivity index (χ0) is 28.3. The van der Waals surface area contributed by atoms with Crippen LogP contribution < -0.4 is 20.5 Å². The molecule has 1 atom stereocenters. The number of benzene rings is 2. The Bertz CT molecular complexity index is 1720. The molecular formula is C28H23N3O7S. The van der Waals surface area contributed by atoms with Gasteiger partial charge in [-0.1, -0.05) is 24.3 Å². The van der Waals surface area contributed by atoms with Gasteiger partial charge < -0.3 is 19.9 Å². The molecule has 0 bridgehead atoms. The maximum absolute atomic E-state index is 13.5. The van der Waals surface area contributed by atoms with E-state index in [1.807, 2.05) is 0 Å². The second-order valence-electron chi connectivity index (χ2n) is 8.26. The van der Waals surface area contributed by atoms with E-state index in [0.717, 1.165) is 15.9 Å². The van der Waals surface area contributed by atoms with Crippen LogP contribution >= 0.6 is 11.3 Å². The third kappa shape index (κ3) is 4.97. The Kier molecular flexibility index (Phi) is 7.78. The summed E-state index contributed by atoms with van der Waals surface area (Å²) in [5.74, 6) is -2.78. The summed E-state index contributed by atoms with van der Waals surface area (Å²) in [6.07, 6.45) is 1.60.